The molecule has 2 rings (SSSR count). The molecule has 3 amide bonds. The van der Waals surface area contributed by atoms with Crippen molar-refractivity contribution in [2.75, 3.05) is 6.54 Å². The van der Waals surface area contributed by atoms with Gasteiger partial charge >= 0.3 is 0 Å². The van der Waals surface area contributed by atoms with Crippen molar-refractivity contribution in [3.8, 4) is 0 Å². The van der Waals surface area contributed by atoms with Gasteiger partial charge in [0.05, 0.1) is 6.04 Å². The molecule has 0 radical (unpaired) electrons. The lowest BCUT2D eigenvalue weighted by Crippen LogP contribution is -2.57. The van der Waals surface area contributed by atoms with E-state index in [0.717, 1.165) is 17.3 Å². The normalized spacial score (nSPS) is 18.2. The highest BCUT2D eigenvalue weighted by Gasteiger charge is 2.33. The quantitative estimate of drug-likeness (QED) is 0.625. The summed E-state index contributed by atoms with van der Waals surface area (Å²) in [7, 11) is 0. The summed E-state index contributed by atoms with van der Waals surface area (Å²) in [4.78, 5) is 51.8. The van der Waals surface area contributed by atoms with Crippen molar-refractivity contribution >= 4 is 34.6 Å². The molecule has 8 nitrogen and oxygen atoms in total. The Kier molecular flexibility index (Phi) is 7.14. The van der Waals surface area contributed by atoms with E-state index in [-0.39, 0.29) is 11.2 Å². The van der Waals surface area contributed by atoms with E-state index in [0.29, 0.717) is 18.7 Å². The number of rotatable bonds is 6. The van der Waals surface area contributed by atoms with Crippen molar-refractivity contribution in [3.63, 3.8) is 0 Å². The van der Waals surface area contributed by atoms with Crippen LogP contribution >= 0.6 is 11.8 Å². The van der Waals surface area contributed by atoms with Gasteiger partial charge in [-0.15, -0.1) is 0 Å². The van der Waals surface area contributed by atoms with Crippen LogP contribution in [0.15, 0.2) is 24.5 Å². The lowest BCUT2D eigenvalue weighted by atomic mass is 10.0. The number of hydrogen-bond acceptors (Lipinski definition) is 6. The van der Waals surface area contributed by atoms with Crippen LogP contribution in [0.4, 0.5) is 4.79 Å². The number of carbonyl (C=O) groups excluding carboxylic acids is 4. The van der Waals surface area contributed by atoms with Gasteiger partial charge in [0.25, 0.3) is 11.1 Å². The number of thioether (sulfide) groups is 1. The summed E-state index contributed by atoms with van der Waals surface area (Å²) < 4.78 is 0. The van der Waals surface area contributed by atoms with E-state index in [2.05, 4.69) is 20.9 Å². The second-order valence-corrected chi connectivity index (χ2v) is 7.22. The number of nitrogens with one attached hydrogen (secondary N) is 3. The number of hydrogen-bond donors (Lipinski definition) is 3. The first-order valence-corrected chi connectivity index (χ1v) is 9.31. The van der Waals surface area contributed by atoms with Gasteiger partial charge in [0.15, 0.2) is 0 Å². The molecule has 2 heterocycles. The SMILES string of the molecule is CC(C)C(NC(=O)SCc1cccnc1)C(=O)NC1CCNC(=O)C1=O. The summed E-state index contributed by atoms with van der Waals surface area (Å²) in [6, 6.07) is 2.01. The van der Waals surface area contributed by atoms with Crippen LogP contribution in [0.5, 0.6) is 0 Å². The molecule has 0 bridgehead atoms. The van der Waals surface area contributed by atoms with Crippen LogP contribution in [0.3, 0.4) is 0 Å². The van der Waals surface area contributed by atoms with Gasteiger partial charge in [-0.05, 0) is 24.0 Å². The third kappa shape index (κ3) is 5.55. The third-order valence-electron chi connectivity index (χ3n) is 3.89. The average molecular weight is 378 g/mol. The Labute approximate surface area is 155 Å². The van der Waals surface area contributed by atoms with Crippen molar-refractivity contribution in [2.45, 2.75) is 38.1 Å². The van der Waals surface area contributed by atoms with E-state index in [4.69, 9.17) is 0 Å². The smallest absolute Gasteiger partial charge is 0.289 e. The summed E-state index contributed by atoms with van der Waals surface area (Å²) in [5, 5.41) is 7.35. The predicted molar refractivity (Wildman–Crippen MR) is 97.3 cm³/mol. The minimum Gasteiger partial charge on any atom is -0.349 e. The number of piperidine rings is 1. The van der Waals surface area contributed by atoms with Crippen molar-refractivity contribution in [1.29, 1.82) is 0 Å². The highest BCUT2D eigenvalue weighted by Crippen LogP contribution is 2.13. The van der Waals surface area contributed by atoms with Crippen LogP contribution in [0.2, 0.25) is 0 Å². The molecule has 0 saturated carbocycles. The molecule has 1 fully saturated rings. The molecule has 3 N–H and O–H groups in total. The van der Waals surface area contributed by atoms with Crippen LogP contribution in [0.1, 0.15) is 25.8 Å². The van der Waals surface area contributed by atoms with Crippen LogP contribution in [-0.2, 0) is 20.1 Å². The van der Waals surface area contributed by atoms with Crippen LogP contribution in [0, 0.1) is 5.92 Å². The average Bonchev–Trinajstić information content (AvgIpc) is 2.62. The van der Waals surface area contributed by atoms with Gasteiger partial charge in [-0.3, -0.25) is 24.2 Å². The molecule has 1 aliphatic heterocycles. The van der Waals surface area contributed by atoms with E-state index in [9.17, 15) is 19.2 Å². The molecule has 1 aromatic rings. The molecule has 140 valence electrons. The summed E-state index contributed by atoms with van der Waals surface area (Å²) in [6.45, 7) is 3.92. The zero-order valence-electron chi connectivity index (χ0n) is 14.7. The number of carbonyl (C=O) groups is 4. The Bertz CT molecular complexity index is 681. The third-order valence-corrected chi connectivity index (χ3v) is 4.75. The van der Waals surface area contributed by atoms with E-state index < -0.39 is 29.7 Å². The van der Waals surface area contributed by atoms with Gasteiger partial charge in [-0.2, -0.15) is 0 Å². The molecular weight excluding hydrogens is 356 g/mol. The molecule has 0 spiro atoms. The molecule has 26 heavy (non-hydrogen) atoms. The maximum Gasteiger partial charge on any atom is 0.289 e. The summed E-state index contributed by atoms with van der Waals surface area (Å²) >= 11 is 1.04. The van der Waals surface area contributed by atoms with Gasteiger partial charge in [-0.25, -0.2) is 0 Å². The monoisotopic (exact) mass is 378 g/mol. The number of amides is 3. The number of Topliss-reactive ketones (excluding diaryl/α,β-unsaturated/α-hetero) is 1. The lowest BCUT2D eigenvalue weighted by Gasteiger charge is -2.26. The first-order valence-electron chi connectivity index (χ1n) is 8.33. The Morgan fingerprint density at radius 1 is 1.38 bits per heavy atom. The number of aromatic nitrogens is 1. The Morgan fingerprint density at radius 3 is 2.81 bits per heavy atom. The van der Waals surface area contributed by atoms with Crippen molar-refractivity contribution in [3.05, 3.63) is 30.1 Å². The predicted octanol–water partition coefficient (Wildman–Crippen LogP) is 0.623. The Balaban J connectivity index is 1.90. The molecule has 0 aromatic carbocycles. The molecule has 1 aliphatic rings. The summed E-state index contributed by atoms with van der Waals surface area (Å²) in [5.74, 6) is -1.56. The van der Waals surface area contributed by atoms with E-state index in [1.54, 1.807) is 32.3 Å². The fourth-order valence-corrected chi connectivity index (χ4v) is 3.12. The van der Waals surface area contributed by atoms with Gasteiger partial charge in [0, 0.05) is 24.7 Å². The highest BCUT2D eigenvalue weighted by atomic mass is 32.2. The molecule has 2 atom stereocenters. The molecular formula is C17H22N4O4S. The van der Waals surface area contributed by atoms with Crippen LogP contribution in [-0.4, -0.2) is 46.4 Å². The zero-order chi connectivity index (χ0) is 19.1. The largest absolute Gasteiger partial charge is 0.349 e. The standard InChI is InChI=1S/C17H22N4O4S/c1-10(2)13(15(23)20-12-5-7-19-16(24)14(12)22)21-17(25)26-9-11-4-3-6-18-8-11/h3-4,6,8,10,12-13H,5,7,9H2,1-2H3,(H,19,24)(H,20,23)(H,21,25). The highest BCUT2D eigenvalue weighted by molar-refractivity contribution is 8.12. The number of pyridine rings is 1. The molecule has 0 aliphatic carbocycles. The van der Waals surface area contributed by atoms with E-state index in [1.165, 1.54) is 0 Å². The molecule has 1 aromatic heterocycles. The van der Waals surface area contributed by atoms with Gasteiger partial charge in [0.2, 0.25) is 11.7 Å². The summed E-state index contributed by atoms with van der Waals surface area (Å²) in [5.41, 5.74) is 0.900. The zero-order valence-corrected chi connectivity index (χ0v) is 15.5. The van der Waals surface area contributed by atoms with Gasteiger partial charge in [-0.1, -0.05) is 31.7 Å². The van der Waals surface area contributed by atoms with E-state index >= 15 is 0 Å². The Morgan fingerprint density at radius 2 is 2.15 bits per heavy atom. The maximum atomic E-state index is 12.5. The van der Waals surface area contributed by atoms with Gasteiger partial charge < -0.3 is 16.0 Å². The maximum absolute atomic E-state index is 12.5. The Hall–Kier alpha value is -2.42. The minimum atomic E-state index is -0.850. The first kappa shape index (κ1) is 19.9. The second kappa shape index (κ2) is 9.33. The molecule has 9 heteroatoms. The first-order chi connectivity index (χ1) is 12.4. The van der Waals surface area contributed by atoms with Crippen molar-refractivity contribution in [1.82, 2.24) is 20.9 Å². The van der Waals surface area contributed by atoms with Crippen molar-refractivity contribution < 1.29 is 19.2 Å². The second-order valence-electron chi connectivity index (χ2n) is 6.27. The lowest BCUT2D eigenvalue weighted by molar-refractivity contribution is -0.142. The van der Waals surface area contributed by atoms with Gasteiger partial charge in [0.1, 0.15) is 6.04 Å². The van der Waals surface area contributed by atoms with Crippen LogP contribution in [0.25, 0.3) is 0 Å². The molecule has 1 saturated heterocycles. The van der Waals surface area contributed by atoms with Crippen LogP contribution < -0.4 is 16.0 Å². The fraction of sp³-hybridized carbons (Fsp3) is 0.471. The fourth-order valence-electron chi connectivity index (χ4n) is 2.44. The number of ketones is 1. The summed E-state index contributed by atoms with van der Waals surface area (Å²) in [6.07, 6.45) is 3.66. The topological polar surface area (TPSA) is 117 Å². The van der Waals surface area contributed by atoms with Crippen molar-refractivity contribution in [2.24, 2.45) is 5.92 Å². The van der Waals surface area contributed by atoms with E-state index in [1.807, 2.05) is 6.07 Å². The number of nitrogens with zero attached hydrogens (tertiary/aromatic N) is 1. The minimum absolute atomic E-state index is 0.175. The molecule has 2 unspecified atom stereocenters.